The van der Waals surface area contributed by atoms with E-state index >= 15 is 0 Å². The van der Waals surface area contributed by atoms with Gasteiger partial charge in [0.2, 0.25) is 0 Å². The van der Waals surface area contributed by atoms with Gasteiger partial charge in [0.05, 0.1) is 71.7 Å². The van der Waals surface area contributed by atoms with Gasteiger partial charge in [0.1, 0.15) is 0 Å². The van der Waals surface area contributed by atoms with Crippen molar-refractivity contribution in [3.63, 3.8) is 0 Å². The second-order valence-electron chi connectivity index (χ2n) is 35.7. The van der Waals surface area contributed by atoms with Crippen LogP contribution in [0.2, 0.25) is 0 Å². The molecule has 0 saturated carbocycles. The smallest absolute Gasteiger partial charge is 0.0723 e. The largest absolute Gasteiger partial charge is 0.309 e. The summed E-state index contributed by atoms with van der Waals surface area (Å²) in [6.07, 6.45) is 6.13. The molecule has 0 aliphatic rings. The van der Waals surface area contributed by atoms with Gasteiger partial charge in [0.15, 0.2) is 0 Å². The summed E-state index contributed by atoms with van der Waals surface area (Å²) in [7, 11) is 0. The number of benzene rings is 20. The van der Waals surface area contributed by atoms with Crippen LogP contribution in [-0.4, -0.2) is 37.8 Å². The molecule has 8 nitrogen and oxygen atoms in total. The number of rotatable bonds is 11. The molecule has 0 amide bonds. The Kier molecular flexibility index (Phi) is 19.0. The lowest BCUT2D eigenvalue weighted by Crippen LogP contribution is -1.95. The Bertz CT molecular complexity index is 9860. The van der Waals surface area contributed by atoms with Crippen molar-refractivity contribution in [3.05, 3.63) is 498 Å². The summed E-state index contributed by atoms with van der Waals surface area (Å²) in [5, 5.41) is 18.3. The Morgan fingerprint density at radius 1 is 0.138 bits per heavy atom. The number of aromatic nitrogens is 8. The second kappa shape index (κ2) is 32.9. The summed E-state index contributed by atoms with van der Waals surface area (Å²) in [5.74, 6) is 0. The van der Waals surface area contributed by atoms with Gasteiger partial charge in [-0.3, -0.25) is 15.0 Å². The number of hydrogen-bond acceptors (Lipinski definition) is 4. The van der Waals surface area contributed by atoms with Crippen LogP contribution in [0.15, 0.2) is 498 Å². The minimum atomic E-state index is 0.995. The first-order chi connectivity index (χ1) is 68.4. The van der Waals surface area contributed by atoms with Gasteiger partial charge in [0, 0.05) is 137 Å². The first-order valence-corrected chi connectivity index (χ1v) is 47.8. The number of hydrogen-bond donors (Lipinski definition) is 0. The van der Waals surface area contributed by atoms with Crippen molar-refractivity contribution < 1.29 is 0 Å². The molecule has 0 spiro atoms. The van der Waals surface area contributed by atoms with E-state index in [9.17, 15) is 0 Å². The molecule has 29 aromatic rings. The molecular formula is C129H82N8S. The van der Waals surface area contributed by atoms with E-state index in [1.165, 1.54) is 191 Å². The monoisotopic (exact) mass is 1770 g/mol. The molecule has 0 saturated heterocycles. The van der Waals surface area contributed by atoms with Crippen LogP contribution in [0.3, 0.4) is 0 Å². The van der Waals surface area contributed by atoms with Gasteiger partial charge in [-0.05, 0) is 231 Å². The molecule has 9 heterocycles. The van der Waals surface area contributed by atoms with Gasteiger partial charge in [-0.15, -0.1) is 11.3 Å². The lowest BCUT2D eigenvalue weighted by molar-refractivity contribution is 1.18. The molecular weight excluding hydrogens is 1690 g/mol. The summed E-state index contributed by atoms with van der Waals surface area (Å²) >= 11 is 1.86. The highest BCUT2D eigenvalue weighted by molar-refractivity contribution is 7.25. The van der Waals surface area contributed by atoms with E-state index in [2.05, 4.69) is 508 Å². The van der Waals surface area contributed by atoms with E-state index in [1.54, 1.807) is 0 Å². The van der Waals surface area contributed by atoms with Gasteiger partial charge in [-0.2, -0.15) is 0 Å². The van der Waals surface area contributed by atoms with E-state index in [4.69, 9.17) is 15.0 Å². The molecule has 0 aliphatic carbocycles. The summed E-state index contributed by atoms with van der Waals surface area (Å²) in [5.41, 5.74) is 35.2. The van der Waals surface area contributed by atoms with Gasteiger partial charge in [-0.1, -0.05) is 315 Å². The van der Waals surface area contributed by atoms with Crippen molar-refractivity contribution in [1.29, 1.82) is 0 Å². The zero-order valence-electron chi connectivity index (χ0n) is 74.8. The fourth-order valence-corrected chi connectivity index (χ4v) is 22.5. The van der Waals surface area contributed by atoms with Crippen LogP contribution in [0.1, 0.15) is 0 Å². The number of nitrogens with zero attached hydrogens (tertiary/aromatic N) is 8. The standard InChI is InChI=1S/2C45H29N3.C39H24N2S/c1-3-11-30(12-4-1)31-19-23-35(24-20-31)48-43-26-22-32(27-39(43)40-29-46-41-17-9-7-16-38(41)45(40)48)33-21-25-37-36-15-8-10-18-42(36)47(44(37)28-33)34-13-5-2-6-14-34;1-3-11-34(12-4-1)47-42-18-10-8-15-36(42)38-27-32(23-25-43(38)47)30-19-21-31(22-20-30)33-24-26-44-39(28-33)40-29-46-41-17-9-7-16-37(41)45(40)48(44)35-13-5-2-6-14-35;1-2-8-29(9-3-1)41-36-20-18-27(22-32(36)34-24-40-35-12-6-4-11-31(35)39(34)41)25-14-16-26(17-15-25)28-19-21-38-33(23-28)30-10-5-7-13-37(30)42-38/h2*1-29H;1-24H. The van der Waals surface area contributed by atoms with E-state index in [1.807, 2.05) is 23.7 Å². The first kappa shape index (κ1) is 79.6. The van der Waals surface area contributed by atoms with Crippen molar-refractivity contribution in [1.82, 2.24) is 37.8 Å². The van der Waals surface area contributed by atoms with Crippen LogP contribution in [0, 0.1) is 0 Å². The summed E-state index contributed by atoms with van der Waals surface area (Å²) < 4.78 is 14.6. The molecule has 9 aromatic heterocycles. The normalized spacial score (nSPS) is 11.8. The second-order valence-corrected chi connectivity index (χ2v) is 36.8. The maximum Gasteiger partial charge on any atom is 0.0723 e. The molecule has 0 unspecified atom stereocenters. The fourth-order valence-electron chi connectivity index (χ4n) is 21.5. The van der Waals surface area contributed by atoms with Crippen molar-refractivity contribution >= 4 is 173 Å². The van der Waals surface area contributed by atoms with Crippen LogP contribution >= 0.6 is 11.3 Å². The molecule has 0 radical (unpaired) electrons. The van der Waals surface area contributed by atoms with Crippen molar-refractivity contribution in [2.45, 2.75) is 0 Å². The molecule has 0 bridgehead atoms. The lowest BCUT2D eigenvalue weighted by Gasteiger charge is -2.11. The van der Waals surface area contributed by atoms with E-state index in [-0.39, 0.29) is 0 Å². The van der Waals surface area contributed by atoms with Gasteiger partial charge in [0.25, 0.3) is 0 Å². The summed E-state index contributed by atoms with van der Waals surface area (Å²) in [6.45, 7) is 0. The number of fused-ring (bicyclic) bond motifs is 24. The third-order valence-electron chi connectivity index (χ3n) is 27.9. The Morgan fingerprint density at radius 3 is 0.812 bits per heavy atom. The number of thiophene rings is 1. The Labute approximate surface area is 798 Å². The van der Waals surface area contributed by atoms with Crippen LogP contribution in [0.25, 0.3) is 257 Å². The Balaban J connectivity index is 0.000000105. The third kappa shape index (κ3) is 13.4. The molecule has 644 valence electrons. The highest BCUT2D eigenvalue weighted by Crippen LogP contribution is 2.46. The molecule has 138 heavy (non-hydrogen) atoms. The fraction of sp³-hybridized carbons (Fsp3) is 0. The average molecular weight is 1780 g/mol. The maximum absolute atomic E-state index is 4.92. The van der Waals surface area contributed by atoms with Gasteiger partial charge >= 0.3 is 0 Å². The van der Waals surface area contributed by atoms with Gasteiger partial charge < -0.3 is 22.8 Å². The number of para-hydroxylation sites is 9. The highest BCUT2D eigenvalue weighted by Gasteiger charge is 2.24. The van der Waals surface area contributed by atoms with Crippen LogP contribution < -0.4 is 0 Å². The summed E-state index contributed by atoms with van der Waals surface area (Å²) in [6, 6.07) is 173. The molecule has 0 aliphatic heterocycles. The molecule has 0 N–H and O–H groups in total. The average Bonchev–Trinajstić information content (AvgIpc) is 1.57. The SMILES string of the molecule is c1ccc(-c2ccc(-n3c4ccc(-c5ccc6c7ccccc7n(-c7ccccc7)c6c5)cc4c4cnc5ccccc5c43)cc2)cc1.c1ccc(-n2c3ccc(-c4ccc(-c5ccc6sc7ccccc7c6c5)cc4)cc3c3cnc4ccccc4c32)cc1.c1ccc(-n2c3ccccc3c3cc(-c4ccc(-c5ccc6c(c5)c5cnc7ccccc7c5n6-c5ccccc5)cc4)ccc32)cc1. The molecule has 0 atom stereocenters. The highest BCUT2D eigenvalue weighted by atomic mass is 32.1. The van der Waals surface area contributed by atoms with Crippen molar-refractivity contribution in [2.24, 2.45) is 0 Å². The lowest BCUT2D eigenvalue weighted by atomic mass is 9.98. The van der Waals surface area contributed by atoms with E-state index in [0.717, 1.165) is 66.2 Å². The van der Waals surface area contributed by atoms with Crippen LogP contribution in [0.5, 0.6) is 0 Å². The van der Waals surface area contributed by atoms with E-state index < -0.39 is 0 Å². The molecule has 20 aromatic carbocycles. The minimum Gasteiger partial charge on any atom is -0.309 e. The zero-order valence-corrected chi connectivity index (χ0v) is 75.6. The Hall–Kier alpha value is -18.2. The molecule has 29 rings (SSSR count). The summed E-state index contributed by atoms with van der Waals surface area (Å²) in [4.78, 5) is 14.6. The maximum atomic E-state index is 4.92. The topological polar surface area (TPSA) is 63.3 Å². The minimum absolute atomic E-state index is 0.995. The third-order valence-corrected chi connectivity index (χ3v) is 29.1. The predicted octanol–water partition coefficient (Wildman–Crippen LogP) is 34.6. The number of pyridine rings is 3. The first-order valence-electron chi connectivity index (χ1n) is 47.0. The Morgan fingerprint density at radius 2 is 0.384 bits per heavy atom. The van der Waals surface area contributed by atoms with Crippen molar-refractivity contribution in [2.75, 3.05) is 0 Å². The van der Waals surface area contributed by atoms with E-state index in [0.29, 0.717) is 0 Å². The van der Waals surface area contributed by atoms with Gasteiger partial charge in [-0.25, -0.2) is 0 Å². The molecule has 9 heteroatoms. The van der Waals surface area contributed by atoms with Crippen LogP contribution in [0.4, 0.5) is 0 Å². The predicted molar refractivity (Wildman–Crippen MR) is 582 cm³/mol. The zero-order chi connectivity index (χ0) is 90.8. The molecule has 0 fully saturated rings. The van der Waals surface area contributed by atoms with Crippen LogP contribution in [-0.2, 0) is 0 Å². The van der Waals surface area contributed by atoms with Crippen molar-refractivity contribution in [3.8, 4) is 95.2 Å². The quantitative estimate of drug-likeness (QED) is 0.130.